The van der Waals surface area contributed by atoms with E-state index in [1.54, 1.807) is 0 Å². The van der Waals surface area contributed by atoms with Crippen LogP contribution in [0.1, 0.15) is 25.7 Å². The van der Waals surface area contributed by atoms with Crippen LogP contribution in [0.2, 0.25) is 0 Å². The summed E-state index contributed by atoms with van der Waals surface area (Å²) in [5, 5.41) is 2.52. The second kappa shape index (κ2) is 5.75. The highest BCUT2D eigenvalue weighted by atomic mass is 32.2. The molecule has 1 aliphatic rings. The maximum absolute atomic E-state index is 5.39. The minimum absolute atomic E-state index is 0.694. The molecule has 3 N–H and O–H groups in total. The molecule has 6 heteroatoms. The Morgan fingerprint density at radius 2 is 2.12 bits per heavy atom. The zero-order valence-corrected chi connectivity index (χ0v) is 10.9. The summed E-state index contributed by atoms with van der Waals surface area (Å²) in [5.41, 5.74) is 2.59. The smallest absolute Gasteiger partial charge is 0.190 e. The molecule has 16 heavy (non-hydrogen) atoms. The fraction of sp³-hybridized carbons (Fsp3) is 0.600. The van der Waals surface area contributed by atoms with Crippen LogP contribution in [0.25, 0.3) is 0 Å². The number of nitrogen functional groups attached to an aromatic ring is 1. The highest BCUT2D eigenvalue weighted by Gasteiger charge is 2.17. The van der Waals surface area contributed by atoms with Gasteiger partial charge in [0.1, 0.15) is 10.8 Å². The van der Waals surface area contributed by atoms with E-state index in [2.05, 4.69) is 15.4 Å². The molecule has 1 saturated carbocycles. The van der Waals surface area contributed by atoms with E-state index >= 15 is 0 Å². The van der Waals surface area contributed by atoms with Crippen LogP contribution in [0, 0.1) is 0 Å². The van der Waals surface area contributed by atoms with Crippen molar-refractivity contribution < 1.29 is 0 Å². The van der Waals surface area contributed by atoms with E-state index in [-0.39, 0.29) is 0 Å². The molecule has 0 atom stereocenters. The van der Waals surface area contributed by atoms with Gasteiger partial charge in [0.05, 0.1) is 0 Å². The topological polar surface area (TPSA) is 63.8 Å². The molecule has 4 nitrogen and oxygen atoms in total. The molecule has 1 aromatic rings. The molecule has 0 saturated heterocycles. The zero-order chi connectivity index (χ0) is 11.4. The summed E-state index contributed by atoms with van der Waals surface area (Å²) in [4.78, 5) is 8.73. The van der Waals surface area contributed by atoms with Crippen molar-refractivity contribution in [3.63, 3.8) is 0 Å². The van der Waals surface area contributed by atoms with Crippen molar-refractivity contribution in [3.05, 3.63) is 6.07 Å². The van der Waals surface area contributed by atoms with Gasteiger partial charge in [-0.2, -0.15) is 0 Å². The van der Waals surface area contributed by atoms with E-state index in [1.165, 1.54) is 37.4 Å². The summed E-state index contributed by atoms with van der Waals surface area (Å²) in [7, 11) is 0. The maximum atomic E-state index is 5.39. The minimum atomic E-state index is 0.694. The molecule has 88 valence electrons. The predicted molar refractivity (Wildman–Crippen MR) is 69.7 cm³/mol. The van der Waals surface area contributed by atoms with E-state index in [1.807, 2.05) is 24.1 Å². The van der Waals surface area contributed by atoms with Crippen LogP contribution >= 0.6 is 23.5 Å². The van der Waals surface area contributed by atoms with Gasteiger partial charge in [0, 0.05) is 11.3 Å². The summed E-state index contributed by atoms with van der Waals surface area (Å²) < 4.78 is 0. The maximum Gasteiger partial charge on any atom is 0.190 e. The molecule has 0 unspecified atom stereocenters. The van der Waals surface area contributed by atoms with Gasteiger partial charge in [0.15, 0.2) is 5.16 Å². The summed E-state index contributed by atoms with van der Waals surface area (Å²) in [6.45, 7) is 0. The van der Waals surface area contributed by atoms with Gasteiger partial charge >= 0.3 is 0 Å². The SMILES string of the molecule is CSc1nc(NN)cc(SC2CCCC2)n1. The summed E-state index contributed by atoms with van der Waals surface area (Å²) >= 11 is 3.39. The van der Waals surface area contributed by atoms with Gasteiger partial charge in [0.2, 0.25) is 0 Å². The molecular formula is C10H16N4S2. The number of rotatable bonds is 4. The van der Waals surface area contributed by atoms with Crippen LogP contribution < -0.4 is 11.3 Å². The Hall–Kier alpha value is -0.460. The van der Waals surface area contributed by atoms with E-state index < -0.39 is 0 Å². The van der Waals surface area contributed by atoms with Crippen LogP contribution in [-0.2, 0) is 0 Å². The number of aromatic nitrogens is 2. The van der Waals surface area contributed by atoms with Crippen molar-refractivity contribution >= 4 is 29.3 Å². The van der Waals surface area contributed by atoms with Crippen molar-refractivity contribution in [1.29, 1.82) is 0 Å². The third kappa shape index (κ3) is 3.02. The van der Waals surface area contributed by atoms with Gasteiger partial charge in [0.25, 0.3) is 0 Å². The standard InChI is InChI=1S/C10H16N4S2/c1-15-10-12-8(14-11)6-9(13-10)16-7-4-2-3-5-7/h6-7H,2-5,11H2,1H3,(H,12,13,14). The van der Waals surface area contributed by atoms with Crippen LogP contribution in [0.3, 0.4) is 0 Å². The molecule has 0 radical (unpaired) electrons. The molecular weight excluding hydrogens is 240 g/mol. The lowest BCUT2D eigenvalue weighted by Gasteiger charge is -2.09. The Kier molecular flexibility index (Phi) is 4.31. The lowest BCUT2D eigenvalue weighted by Crippen LogP contribution is -2.10. The zero-order valence-electron chi connectivity index (χ0n) is 9.27. The highest BCUT2D eigenvalue weighted by Crippen LogP contribution is 2.34. The van der Waals surface area contributed by atoms with Crippen LogP contribution in [-0.4, -0.2) is 21.5 Å². The van der Waals surface area contributed by atoms with Crippen molar-refractivity contribution in [2.75, 3.05) is 11.7 Å². The van der Waals surface area contributed by atoms with Crippen LogP contribution in [0.15, 0.2) is 16.2 Å². The monoisotopic (exact) mass is 256 g/mol. The number of hydrogen-bond acceptors (Lipinski definition) is 6. The van der Waals surface area contributed by atoms with Gasteiger partial charge in [-0.25, -0.2) is 15.8 Å². The fourth-order valence-corrected chi connectivity index (χ4v) is 3.47. The average molecular weight is 256 g/mol. The number of nitrogens with zero attached hydrogens (tertiary/aromatic N) is 2. The van der Waals surface area contributed by atoms with Crippen molar-refractivity contribution in [2.45, 2.75) is 41.1 Å². The Morgan fingerprint density at radius 1 is 1.38 bits per heavy atom. The number of hydrogen-bond donors (Lipinski definition) is 2. The van der Waals surface area contributed by atoms with E-state index in [0.29, 0.717) is 5.82 Å². The molecule has 2 rings (SSSR count). The number of nitrogens with one attached hydrogen (secondary N) is 1. The van der Waals surface area contributed by atoms with Crippen molar-refractivity contribution in [2.24, 2.45) is 5.84 Å². The van der Waals surface area contributed by atoms with E-state index in [4.69, 9.17) is 5.84 Å². The lowest BCUT2D eigenvalue weighted by molar-refractivity contribution is 0.869. The Morgan fingerprint density at radius 3 is 2.75 bits per heavy atom. The second-order valence-electron chi connectivity index (χ2n) is 3.75. The Balaban J connectivity index is 2.12. The minimum Gasteiger partial charge on any atom is -0.308 e. The first-order valence-electron chi connectivity index (χ1n) is 5.38. The van der Waals surface area contributed by atoms with Crippen molar-refractivity contribution in [1.82, 2.24) is 9.97 Å². The number of anilines is 1. The molecule has 1 heterocycles. The number of thioether (sulfide) groups is 2. The van der Waals surface area contributed by atoms with Crippen LogP contribution in [0.4, 0.5) is 5.82 Å². The second-order valence-corrected chi connectivity index (χ2v) is 5.84. The fourth-order valence-electron chi connectivity index (χ4n) is 1.81. The lowest BCUT2D eigenvalue weighted by atomic mass is 10.4. The quantitative estimate of drug-likeness (QED) is 0.284. The molecule has 0 aliphatic heterocycles. The first-order valence-corrected chi connectivity index (χ1v) is 7.48. The molecule has 0 amide bonds. The van der Waals surface area contributed by atoms with Crippen LogP contribution in [0.5, 0.6) is 0 Å². The number of nitrogens with two attached hydrogens (primary N) is 1. The molecule has 1 aliphatic carbocycles. The average Bonchev–Trinajstić information content (AvgIpc) is 2.81. The Bertz CT molecular complexity index is 330. The van der Waals surface area contributed by atoms with Gasteiger partial charge in [-0.05, 0) is 19.1 Å². The van der Waals surface area contributed by atoms with Gasteiger partial charge in [-0.15, -0.1) is 11.8 Å². The normalized spacial score (nSPS) is 16.6. The summed E-state index contributed by atoms with van der Waals surface area (Å²) in [6, 6.07) is 1.92. The first-order chi connectivity index (χ1) is 7.81. The van der Waals surface area contributed by atoms with Gasteiger partial charge < -0.3 is 5.43 Å². The largest absolute Gasteiger partial charge is 0.308 e. The third-order valence-corrected chi connectivity index (χ3v) is 4.41. The predicted octanol–water partition coefficient (Wildman–Crippen LogP) is 2.52. The molecule has 0 spiro atoms. The van der Waals surface area contributed by atoms with Gasteiger partial charge in [-0.3, -0.25) is 0 Å². The van der Waals surface area contributed by atoms with Crippen molar-refractivity contribution in [3.8, 4) is 0 Å². The van der Waals surface area contributed by atoms with E-state index in [9.17, 15) is 0 Å². The number of hydrazine groups is 1. The highest BCUT2D eigenvalue weighted by molar-refractivity contribution is 8.00. The molecule has 1 aromatic heterocycles. The Labute approximate surface area is 104 Å². The molecule has 0 aromatic carbocycles. The third-order valence-electron chi connectivity index (χ3n) is 2.60. The summed E-state index contributed by atoms with van der Waals surface area (Å²) in [5.74, 6) is 6.09. The molecule has 0 bridgehead atoms. The van der Waals surface area contributed by atoms with E-state index in [0.717, 1.165) is 15.4 Å². The molecule has 1 fully saturated rings. The first kappa shape index (κ1) is 12.0. The summed E-state index contributed by atoms with van der Waals surface area (Å²) in [6.07, 6.45) is 7.27. The van der Waals surface area contributed by atoms with Gasteiger partial charge in [-0.1, -0.05) is 24.6 Å².